The van der Waals surface area contributed by atoms with Crippen LogP contribution < -0.4 is 20.7 Å². The molecule has 0 aliphatic rings. The van der Waals surface area contributed by atoms with E-state index in [9.17, 15) is 4.79 Å². The average molecular weight is 564 g/mol. The Morgan fingerprint density at radius 3 is 2.53 bits per heavy atom. The standard InChI is InChI=1S/C24H28N4O2S.HI/c1-25-23(29)19-6-4-5-17(15-19)13-14-27-24(26-2)28-16-21-11-12-22(31-21)18-7-9-20(30-3)10-8-18;/h4-12,15H,13-14,16H2,1-3H3,(H,25,29)(H2,26,27,28);1H. The molecule has 170 valence electrons. The highest BCUT2D eigenvalue weighted by Gasteiger charge is 2.06. The van der Waals surface area contributed by atoms with Gasteiger partial charge >= 0.3 is 0 Å². The molecule has 0 saturated carbocycles. The minimum atomic E-state index is -0.0720. The molecule has 2 aromatic carbocycles. The van der Waals surface area contributed by atoms with Crippen LogP contribution in [0.5, 0.6) is 5.75 Å². The van der Waals surface area contributed by atoms with E-state index in [1.807, 2.05) is 36.4 Å². The number of guanidine groups is 1. The molecule has 1 aromatic heterocycles. The van der Waals surface area contributed by atoms with Gasteiger partial charge in [0, 0.05) is 36.0 Å². The van der Waals surface area contributed by atoms with Crippen molar-refractivity contribution in [2.75, 3.05) is 27.7 Å². The lowest BCUT2D eigenvalue weighted by atomic mass is 10.1. The monoisotopic (exact) mass is 564 g/mol. The van der Waals surface area contributed by atoms with E-state index < -0.39 is 0 Å². The zero-order chi connectivity index (χ0) is 22.1. The molecule has 3 N–H and O–H groups in total. The van der Waals surface area contributed by atoms with Crippen LogP contribution in [-0.2, 0) is 13.0 Å². The first kappa shape index (κ1) is 25.7. The molecule has 1 amide bonds. The van der Waals surface area contributed by atoms with Gasteiger partial charge in [-0.3, -0.25) is 9.79 Å². The van der Waals surface area contributed by atoms with Gasteiger partial charge in [0.05, 0.1) is 13.7 Å². The number of nitrogens with zero attached hydrogens (tertiary/aromatic N) is 1. The lowest BCUT2D eigenvalue weighted by Crippen LogP contribution is -2.37. The number of ether oxygens (including phenoxy) is 1. The molecule has 0 unspecified atom stereocenters. The fourth-order valence-electron chi connectivity index (χ4n) is 3.11. The minimum absolute atomic E-state index is 0. The van der Waals surface area contributed by atoms with Crippen molar-refractivity contribution in [1.82, 2.24) is 16.0 Å². The SMILES string of the molecule is CN=C(NCCc1cccc(C(=O)NC)c1)NCc1ccc(-c2ccc(OC)cc2)s1.I. The first-order valence-electron chi connectivity index (χ1n) is 10.1. The summed E-state index contributed by atoms with van der Waals surface area (Å²) in [4.78, 5) is 18.5. The van der Waals surface area contributed by atoms with Crippen LogP contribution in [0.2, 0.25) is 0 Å². The predicted octanol–water partition coefficient (Wildman–Crippen LogP) is 4.31. The third-order valence-electron chi connectivity index (χ3n) is 4.81. The topological polar surface area (TPSA) is 74.8 Å². The van der Waals surface area contributed by atoms with Gasteiger partial charge in [-0.15, -0.1) is 35.3 Å². The summed E-state index contributed by atoms with van der Waals surface area (Å²) in [5.74, 6) is 1.54. The molecular weight excluding hydrogens is 535 g/mol. The molecule has 0 aliphatic carbocycles. The van der Waals surface area contributed by atoms with Crippen molar-refractivity contribution in [3.63, 3.8) is 0 Å². The van der Waals surface area contributed by atoms with Gasteiger partial charge in [-0.05, 0) is 66.1 Å². The zero-order valence-electron chi connectivity index (χ0n) is 18.5. The Labute approximate surface area is 210 Å². The molecule has 8 heteroatoms. The minimum Gasteiger partial charge on any atom is -0.497 e. The van der Waals surface area contributed by atoms with E-state index in [4.69, 9.17) is 4.74 Å². The van der Waals surface area contributed by atoms with Crippen molar-refractivity contribution in [3.8, 4) is 16.2 Å². The summed E-state index contributed by atoms with van der Waals surface area (Å²) >= 11 is 1.76. The predicted molar refractivity (Wildman–Crippen MR) is 143 cm³/mol. The number of methoxy groups -OCH3 is 1. The van der Waals surface area contributed by atoms with E-state index in [1.54, 1.807) is 32.5 Å². The van der Waals surface area contributed by atoms with Gasteiger partial charge in [0.15, 0.2) is 5.96 Å². The molecule has 3 aromatic rings. The van der Waals surface area contributed by atoms with Crippen molar-refractivity contribution in [3.05, 3.63) is 76.7 Å². The van der Waals surface area contributed by atoms with E-state index >= 15 is 0 Å². The summed E-state index contributed by atoms with van der Waals surface area (Å²) in [6, 6.07) is 20.0. The number of carbonyl (C=O) groups is 1. The Balaban J connectivity index is 0.00000363. The summed E-state index contributed by atoms with van der Waals surface area (Å²) in [7, 11) is 5.07. The van der Waals surface area contributed by atoms with E-state index in [2.05, 4.69) is 45.2 Å². The number of aliphatic imine (C=N–C) groups is 1. The van der Waals surface area contributed by atoms with Crippen LogP contribution in [0.25, 0.3) is 10.4 Å². The van der Waals surface area contributed by atoms with Gasteiger partial charge in [0.2, 0.25) is 0 Å². The number of amides is 1. The molecule has 0 atom stereocenters. The third kappa shape index (κ3) is 7.23. The average Bonchev–Trinajstić information content (AvgIpc) is 3.30. The number of halogens is 1. The number of nitrogens with one attached hydrogen (secondary N) is 3. The Morgan fingerprint density at radius 2 is 1.84 bits per heavy atom. The second-order valence-electron chi connectivity index (χ2n) is 6.88. The molecule has 3 rings (SSSR count). The number of carbonyl (C=O) groups excluding carboxylic acids is 1. The molecule has 0 radical (unpaired) electrons. The smallest absolute Gasteiger partial charge is 0.251 e. The summed E-state index contributed by atoms with van der Waals surface area (Å²) in [6.07, 6.45) is 0.798. The van der Waals surface area contributed by atoms with E-state index in [-0.39, 0.29) is 29.9 Å². The molecule has 1 heterocycles. The fourth-order valence-corrected chi connectivity index (χ4v) is 4.07. The molecule has 6 nitrogen and oxygen atoms in total. The van der Waals surface area contributed by atoms with Crippen LogP contribution in [0.15, 0.2) is 65.7 Å². The largest absolute Gasteiger partial charge is 0.497 e. The first-order chi connectivity index (χ1) is 15.1. The zero-order valence-corrected chi connectivity index (χ0v) is 21.6. The third-order valence-corrected chi connectivity index (χ3v) is 5.95. The molecule has 0 aliphatic heterocycles. The highest BCUT2D eigenvalue weighted by atomic mass is 127. The molecule has 0 bridgehead atoms. The van der Waals surface area contributed by atoms with Crippen molar-refractivity contribution in [1.29, 1.82) is 0 Å². The van der Waals surface area contributed by atoms with Gasteiger partial charge in [0.1, 0.15) is 5.75 Å². The van der Waals surface area contributed by atoms with E-state index in [0.717, 1.165) is 30.2 Å². The highest BCUT2D eigenvalue weighted by molar-refractivity contribution is 14.0. The number of benzene rings is 2. The Bertz CT molecular complexity index is 1030. The Hall–Kier alpha value is -2.59. The molecule has 0 saturated heterocycles. The number of thiophene rings is 1. The van der Waals surface area contributed by atoms with Gasteiger partial charge < -0.3 is 20.7 Å². The molecule has 0 fully saturated rings. The van der Waals surface area contributed by atoms with Crippen LogP contribution in [0, 0.1) is 0 Å². The van der Waals surface area contributed by atoms with Gasteiger partial charge in [-0.25, -0.2) is 0 Å². The van der Waals surface area contributed by atoms with Crippen LogP contribution in [-0.4, -0.2) is 39.6 Å². The van der Waals surface area contributed by atoms with E-state index in [1.165, 1.54) is 15.3 Å². The van der Waals surface area contributed by atoms with Gasteiger partial charge in [0.25, 0.3) is 5.91 Å². The van der Waals surface area contributed by atoms with E-state index in [0.29, 0.717) is 12.1 Å². The van der Waals surface area contributed by atoms with Crippen LogP contribution in [0.4, 0.5) is 0 Å². The lowest BCUT2D eigenvalue weighted by molar-refractivity contribution is 0.0963. The van der Waals surface area contributed by atoms with Crippen LogP contribution >= 0.6 is 35.3 Å². The van der Waals surface area contributed by atoms with Crippen molar-refractivity contribution in [2.45, 2.75) is 13.0 Å². The van der Waals surface area contributed by atoms with Crippen LogP contribution in [0.3, 0.4) is 0 Å². The summed E-state index contributed by atoms with van der Waals surface area (Å²) in [5, 5.41) is 9.34. The number of hydrogen-bond donors (Lipinski definition) is 3. The lowest BCUT2D eigenvalue weighted by Gasteiger charge is -2.11. The molecular formula is C24H29IN4O2S. The Kier molecular flexibility index (Phi) is 10.5. The maximum absolute atomic E-state index is 11.8. The summed E-state index contributed by atoms with van der Waals surface area (Å²) < 4.78 is 5.22. The number of rotatable bonds is 8. The normalized spacial score (nSPS) is 10.8. The second kappa shape index (κ2) is 13.1. The molecule has 32 heavy (non-hydrogen) atoms. The number of hydrogen-bond acceptors (Lipinski definition) is 4. The van der Waals surface area contributed by atoms with Crippen LogP contribution in [0.1, 0.15) is 20.8 Å². The van der Waals surface area contributed by atoms with Crippen molar-refractivity contribution >= 4 is 47.2 Å². The van der Waals surface area contributed by atoms with Crippen molar-refractivity contribution in [2.24, 2.45) is 4.99 Å². The first-order valence-corrected chi connectivity index (χ1v) is 10.9. The van der Waals surface area contributed by atoms with Crippen molar-refractivity contribution < 1.29 is 9.53 Å². The summed E-state index contributed by atoms with van der Waals surface area (Å²) in [6.45, 7) is 1.42. The maximum Gasteiger partial charge on any atom is 0.251 e. The second-order valence-corrected chi connectivity index (χ2v) is 8.04. The fraction of sp³-hybridized carbons (Fsp3) is 0.250. The Morgan fingerprint density at radius 1 is 1.06 bits per heavy atom. The highest BCUT2D eigenvalue weighted by Crippen LogP contribution is 2.29. The van der Waals surface area contributed by atoms with Gasteiger partial charge in [-0.1, -0.05) is 12.1 Å². The summed E-state index contributed by atoms with van der Waals surface area (Å²) in [5.41, 5.74) is 2.96. The van der Waals surface area contributed by atoms with Gasteiger partial charge in [-0.2, -0.15) is 0 Å². The molecule has 0 spiro atoms. The maximum atomic E-state index is 11.8. The quantitative estimate of drug-likeness (QED) is 0.217.